The van der Waals surface area contributed by atoms with E-state index in [2.05, 4.69) is 55.6 Å². The number of fused-ring (bicyclic) bond motifs is 1. The fourth-order valence-electron chi connectivity index (χ4n) is 2.44. The molecule has 1 unspecified atom stereocenters. The van der Waals surface area contributed by atoms with Gasteiger partial charge in [0.15, 0.2) is 0 Å². The molecule has 0 saturated carbocycles. The van der Waals surface area contributed by atoms with Crippen molar-refractivity contribution in [1.29, 1.82) is 0 Å². The van der Waals surface area contributed by atoms with Crippen molar-refractivity contribution in [2.75, 3.05) is 11.9 Å². The van der Waals surface area contributed by atoms with E-state index < -0.39 is 0 Å². The molecule has 1 aliphatic rings. The number of rotatable bonds is 2. The van der Waals surface area contributed by atoms with Gasteiger partial charge in [-0.15, -0.1) is 0 Å². The molecule has 2 aromatic rings. The Bertz CT molecular complexity index is 574. The van der Waals surface area contributed by atoms with Crippen molar-refractivity contribution in [1.82, 2.24) is 0 Å². The molecule has 0 bridgehead atoms. The maximum absolute atomic E-state index is 6.08. The summed E-state index contributed by atoms with van der Waals surface area (Å²) in [4.78, 5) is 0. The van der Waals surface area contributed by atoms with Gasteiger partial charge in [0.2, 0.25) is 0 Å². The van der Waals surface area contributed by atoms with Crippen molar-refractivity contribution in [3.8, 4) is 5.75 Å². The molecule has 1 N–H and O–H groups in total. The number of ether oxygens (including phenoxy) is 1. The summed E-state index contributed by atoms with van der Waals surface area (Å²) in [6.07, 6.45) is 1.17. The van der Waals surface area contributed by atoms with Gasteiger partial charge in [-0.05, 0) is 42.2 Å². The fraction of sp³-hybridized carbons (Fsp3) is 0.294. The SMILES string of the molecule is CCc1ccc(C2CNc3cc(C)ccc3O2)cc1. The van der Waals surface area contributed by atoms with Gasteiger partial charge >= 0.3 is 0 Å². The summed E-state index contributed by atoms with van der Waals surface area (Å²) in [5.74, 6) is 0.946. The van der Waals surface area contributed by atoms with Gasteiger partial charge in [0.05, 0.1) is 12.2 Å². The molecule has 0 radical (unpaired) electrons. The Morgan fingerprint density at radius 1 is 1.16 bits per heavy atom. The van der Waals surface area contributed by atoms with E-state index in [0.717, 1.165) is 24.4 Å². The number of hydrogen-bond acceptors (Lipinski definition) is 2. The van der Waals surface area contributed by atoms with Crippen LogP contribution in [0.4, 0.5) is 5.69 Å². The van der Waals surface area contributed by atoms with E-state index in [0.29, 0.717) is 0 Å². The Morgan fingerprint density at radius 3 is 2.68 bits per heavy atom. The zero-order valence-electron chi connectivity index (χ0n) is 11.4. The molecule has 1 aliphatic heterocycles. The standard InChI is InChI=1S/C17H19NO/c1-3-13-5-7-14(8-6-13)17-11-18-15-10-12(2)4-9-16(15)19-17/h4-10,17-18H,3,11H2,1-2H3. The van der Waals surface area contributed by atoms with Gasteiger partial charge in [-0.25, -0.2) is 0 Å². The van der Waals surface area contributed by atoms with Crippen molar-refractivity contribution in [3.05, 3.63) is 59.2 Å². The first-order valence-corrected chi connectivity index (χ1v) is 6.86. The van der Waals surface area contributed by atoms with E-state index in [1.165, 1.54) is 16.7 Å². The average molecular weight is 253 g/mol. The first kappa shape index (κ1) is 12.1. The van der Waals surface area contributed by atoms with Crippen LogP contribution in [0.5, 0.6) is 5.75 Å². The molecule has 19 heavy (non-hydrogen) atoms. The summed E-state index contributed by atoms with van der Waals surface area (Å²) >= 11 is 0. The minimum atomic E-state index is 0.0983. The number of nitrogens with one attached hydrogen (secondary N) is 1. The van der Waals surface area contributed by atoms with E-state index in [1.807, 2.05) is 6.07 Å². The van der Waals surface area contributed by atoms with Gasteiger partial charge in [-0.3, -0.25) is 0 Å². The fourth-order valence-corrected chi connectivity index (χ4v) is 2.44. The molecule has 1 heterocycles. The number of anilines is 1. The largest absolute Gasteiger partial charge is 0.482 e. The quantitative estimate of drug-likeness (QED) is 0.870. The maximum atomic E-state index is 6.08. The van der Waals surface area contributed by atoms with Crippen molar-refractivity contribution in [3.63, 3.8) is 0 Å². The van der Waals surface area contributed by atoms with Crippen LogP contribution >= 0.6 is 0 Å². The lowest BCUT2D eigenvalue weighted by Gasteiger charge is -2.28. The molecule has 0 amide bonds. The van der Waals surface area contributed by atoms with Crippen LogP contribution in [-0.4, -0.2) is 6.54 Å². The van der Waals surface area contributed by atoms with E-state index >= 15 is 0 Å². The van der Waals surface area contributed by atoms with E-state index in [-0.39, 0.29) is 6.10 Å². The number of hydrogen-bond donors (Lipinski definition) is 1. The lowest BCUT2D eigenvalue weighted by atomic mass is 10.0. The van der Waals surface area contributed by atoms with Gasteiger partial charge in [0, 0.05) is 0 Å². The van der Waals surface area contributed by atoms with Gasteiger partial charge in [-0.1, -0.05) is 37.3 Å². The Morgan fingerprint density at radius 2 is 1.95 bits per heavy atom. The van der Waals surface area contributed by atoms with Crippen molar-refractivity contribution in [2.45, 2.75) is 26.4 Å². The molecule has 0 fully saturated rings. The summed E-state index contributed by atoms with van der Waals surface area (Å²) in [7, 11) is 0. The molecule has 0 saturated heterocycles. The molecular weight excluding hydrogens is 234 g/mol. The highest BCUT2D eigenvalue weighted by atomic mass is 16.5. The molecule has 98 valence electrons. The number of aryl methyl sites for hydroxylation is 2. The van der Waals surface area contributed by atoms with Crippen LogP contribution < -0.4 is 10.1 Å². The maximum Gasteiger partial charge on any atom is 0.143 e. The zero-order chi connectivity index (χ0) is 13.2. The second-order valence-corrected chi connectivity index (χ2v) is 5.08. The molecule has 0 spiro atoms. The minimum absolute atomic E-state index is 0.0983. The first-order valence-electron chi connectivity index (χ1n) is 6.86. The van der Waals surface area contributed by atoms with Gasteiger partial charge in [0.25, 0.3) is 0 Å². The van der Waals surface area contributed by atoms with Crippen LogP contribution in [0.2, 0.25) is 0 Å². The van der Waals surface area contributed by atoms with Crippen LogP contribution in [0.25, 0.3) is 0 Å². The second kappa shape index (κ2) is 4.96. The highest BCUT2D eigenvalue weighted by Gasteiger charge is 2.20. The van der Waals surface area contributed by atoms with Gasteiger partial charge < -0.3 is 10.1 Å². The Labute approximate surface area is 114 Å². The van der Waals surface area contributed by atoms with E-state index in [4.69, 9.17) is 4.74 Å². The van der Waals surface area contributed by atoms with Crippen LogP contribution in [0.1, 0.15) is 29.7 Å². The smallest absolute Gasteiger partial charge is 0.143 e. The van der Waals surface area contributed by atoms with E-state index in [9.17, 15) is 0 Å². The molecule has 2 nitrogen and oxygen atoms in total. The average Bonchev–Trinajstić information content (AvgIpc) is 2.47. The third-order valence-corrected chi connectivity index (χ3v) is 3.64. The predicted octanol–water partition coefficient (Wildman–Crippen LogP) is 4.10. The summed E-state index contributed by atoms with van der Waals surface area (Å²) in [6.45, 7) is 5.09. The predicted molar refractivity (Wildman–Crippen MR) is 78.9 cm³/mol. The Hall–Kier alpha value is -1.96. The summed E-state index contributed by atoms with van der Waals surface area (Å²) < 4.78 is 6.08. The lowest BCUT2D eigenvalue weighted by Crippen LogP contribution is -2.23. The number of benzene rings is 2. The Balaban J connectivity index is 1.82. The lowest BCUT2D eigenvalue weighted by molar-refractivity contribution is 0.210. The summed E-state index contributed by atoms with van der Waals surface area (Å²) in [5, 5.41) is 3.46. The third-order valence-electron chi connectivity index (χ3n) is 3.64. The van der Waals surface area contributed by atoms with Crippen molar-refractivity contribution >= 4 is 5.69 Å². The zero-order valence-corrected chi connectivity index (χ0v) is 11.4. The normalized spacial score (nSPS) is 17.3. The molecule has 3 rings (SSSR count). The van der Waals surface area contributed by atoms with Crippen LogP contribution in [-0.2, 0) is 6.42 Å². The second-order valence-electron chi connectivity index (χ2n) is 5.08. The highest BCUT2D eigenvalue weighted by molar-refractivity contribution is 5.59. The van der Waals surface area contributed by atoms with Gasteiger partial charge in [0.1, 0.15) is 11.9 Å². The topological polar surface area (TPSA) is 21.3 Å². The molecule has 2 heteroatoms. The van der Waals surface area contributed by atoms with Crippen LogP contribution in [0, 0.1) is 6.92 Å². The van der Waals surface area contributed by atoms with Crippen molar-refractivity contribution < 1.29 is 4.74 Å². The van der Waals surface area contributed by atoms with Gasteiger partial charge in [-0.2, -0.15) is 0 Å². The van der Waals surface area contributed by atoms with Crippen LogP contribution in [0.15, 0.2) is 42.5 Å². The summed E-state index contributed by atoms with van der Waals surface area (Å²) in [5.41, 5.74) is 4.95. The minimum Gasteiger partial charge on any atom is -0.482 e. The van der Waals surface area contributed by atoms with Crippen LogP contribution in [0.3, 0.4) is 0 Å². The molecule has 0 aliphatic carbocycles. The van der Waals surface area contributed by atoms with E-state index in [1.54, 1.807) is 0 Å². The molecular formula is C17H19NO. The monoisotopic (exact) mass is 253 g/mol. The molecule has 0 aromatic heterocycles. The summed E-state index contributed by atoms with van der Waals surface area (Å²) in [6, 6.07) is 15.0. The highest BCUT2D eigenvalue weighted by Crippen LogP contribution is 2.34. The van der Waals surface area contributed by atoms with Crippen molar-refractivity contribution in [2.24, 2.45) is 0 Å². The Kier molecular flexibility index (Phi) is 3.16. The third kappa shape index (κ3) is 2.43. The first-order chi connectivity index (χ1) is 9.26. The molecule has 2 aromatic carbocycles. The molecule has 1 atom stereocenters.